The molecule has 0 radical (unpaired) electrons. The second-order valence-corrected chi connectivity index (χ2v) is 5.56. The third-order valence-electron chi connectivity index (χ3n) is 3.35. The van der Waals surface area contributed by atoms with Gasteiger partial charge in [0.2, 0.25) is 0 Å². The van der Waals surface area contributed by atoms with Gasteiger partial charge >= 0.3 is 5.97 Å². The van der Waals surface area contributed by atoms with Gasteiger partial charge in [-0.3, -0.25) is 0 Å². The van der Waals surface area contributed by atoms with Gasteiger partial charge in [-0.2, -0.15) is 0 Å². The fraction of sp³-hybridized carbons (Fsp3) is 0.667. The molecule has 2 heterocycles. The summed E-state index contributed by atoms with van der Waals surface area (Å²) in [6, 6.07) is 0. The Morgan fingerprint density at radius 1 is 1.65 bits per heavy atom. The van der Waals surface area contributed by atoms with E-state index in [0.717, 1.165) is 24.1 Å². The van der Waals surface area contributed by atoms with E-state index in [4.69, 9.17) is 5.11 Å². The first kappa shape index (κ1) is 12.4. The van der Waals surface area contributed by atoms with Crippen LogP contribution in [0.15, 0.2) is 0 Å². The molecule has 1 N–H and O–H groups in total. The number of hydrogen-bond acceptors (Lipinski definition) is 4. The number of carboxylic acids is 1. The molecule has 1 aliphatic rings. The standard InChI is InChI=1S/C12H18N2O2S/c1-3-9-5-4-6-14(7-9)12-13-8(2)10(17-12)11(15)16/h9H,3-7H2,1-2H3,(H,15,16). The van der Waals surface area contributed by atoms with Crippen LogP contribution in [-0.4, -0.2) is 29.1 Å². The lowest BCUT2D eigenvalue weighted by Crippen LogP contribution is -2.35. The van der Waals surface area contributed by atoms with Crippen molar-refractivity contribution in [3.8, 4) is 0 Å². The average molecular weight is 254 g/mol. The number of carbonyl (C=O) groups is 1. The molecular formula is C12H18N2O2S. The van der Waals surface area contributed by atoms with E-state index in [-0.39, 0.29) is 0 Å². The molecule has 0 saturated carbocycles. The Bertz CT molecular complexity index is 417. The summed E-state index contributed by atoms with van der Waals surface area (Å²) in [6.07, 6.45) is 3.65. The van der Waals surface area contributed by atoms with Crippen LogP contribution in [0, 0.1) is 12.8 Å². The minimum atomic E-state index is -0.865. The van der Waals surface area contributed by atoms with Crippen molar-refractivity contribution in [1.82, 2.24) is 4.98 Å². The molecule has 1 aromatic heterocycles. The Hall–Kier alpha value is -1.10. The van der Waals surface area contributed by atoms with Crippen molar-refractivity contribution >= 4 is 22.4 Å². The largest absolute Gasteiger partial charge is 0.477 e. The van der Waals surface area contributed by atoms with Gasteiger partial charge in [0.1, 0.15) is 4.88 Å². The summed E-state index contributed by atoms with van der Waals surface area (Å²) in [5.74, 6) is -0.142. The fourth-order valence-electron chi connectivity index (χ4n) is 2.29. The molecule has 0 bridgehead atoms. The van der Waals surface area contributed by atoms with Crippen LogP contribution in [0.4, 0.5) is 5.13 Å². The molecule has 17 heavy (non-hydrogen) atoms. The van der Waals surface area contributed by atoms with E-state index in [0.29, 0.717) is 10.6 Å². The number of aromatic carboxylic acids is 1. The first-order valence-corrected chi connectivity index (χ1v) is 6.89. The molecule has 1 aliphatic heterocycles. The lowest BCUT2D eigenvalue weighted by Gasteiger charge is -2.31. The predicted molar refractivity (Wildman–Crippen MR) is 69.0 cm³/mol. The maximum absolute atomic E-state index is 11.0. The smallest absolute Gasteiger partial charge is 0.347 e. The summed E-state index contributed by atoms with van der Waals surface area (Å²) in [5, 5.41) is 9.90. The first-order chi connectivity index (χ1) is 8.11. The van der Waals surface area contributed by atoms with E-state index in [2.05, 4.69) is 16.8 Å². The van der Waals surface area contributed by atoms with E-state index < -0.39 is 5.97 Å². The number of anilines is 1. The molecule has 1 saturated heterocycles. The third-order valence-corrected chi connectivity index (χ3v) is 4.55. The summed E-state index contributed by atoms with van der Waals surface area (Å²) in [6.45, 7) is 6.00. The lowest BCUT2D eigenvalue weighted by atomic mass is 9.96. The van der Waals surface area contributed by atoms with Gasteiger partial charge < -0.3 is 10.0 Å². The molecule has 5 heteroatoms. The number of nitrogens with zero attached hydrogens (tertiary/aromatic N) is 2. The highest BCUT2D eigenvalue weighted by Gasteiger charge is 2.23. The number of aryl methyl sites for hydroxylation is 1. The number of rotatable bonds is 3. The van der Waals surface area contributed by atoms with E-state index >= 15 is 0 Å². The number of aromatic nitrogens is 1. The average Bonchev–Trinajstić information content (AvgIpc) is 2.71. The molecule has 1 unspecified atom stereocenters. The molecule has 2 rings (SSSR count). The second-order valence-electron chi connectivity index (χ2n) is 4.58. The van der Waals surface area contributed by atoms with Gasteiger partial charge in [0, 0.05) is 13.1 Å². The van der Waals surface area contributed by atoms with Crippen molar-refractivity contribution < 1.29 is 9.90 Å². The van der Waals surface area contributed by atoms with Crippen molar-refractivity contribution in [2.75, 3.05) is 18.0 Å². The summed E-state index contributed by atoms with van der Waals surface area (Å²) < 4.78 is 0. The Labute approximate surface area is 105 Å². The lowest BCUT2D eigenvalue weighted by molar-refractivity contribution is 0.0701. The summed E-state index contributed by atoms with van der Waals surface area (Å²) in [4.78, 5) is 18.0. The number of carboxylic acid groups (broad SMARTS) is 1. The highest BCUT2D eigenvalue weighted by Crippen LogP contribution is 2.30. The SMILES string of the molecule is CCC1CCCN(c2nc(C)c(C(=O)O)s2)C1. The molecule has 4 nitrogen and oxygen atoms in total. The third kappa shape index (κ3) is 2.60. The van der Waals surface area contributed by atoms with Crippen LogP contribution in [0.3, 0.4) is 0 Å². The first-order valence-electron chi connectivity index (χ1n) is 6.07. The van der Waals surface area contributed by atoms with Gasteiger partial charge in [-0.05, 0) is 25.7 Å². The van der Waals surface area contributed by atoms with E-state index in [1.165, 1.54) is 30.6 Å². The van der Waals surface area contributed by atoms with Crippen LogP contribution in [0.1, 0.15) is 41.6 Å². The minimum absolute atomic E-state index is 0.374. The quantitative estimate of drug-likeness (QED) is 0.901. The van der Waals surface area contributed by atoms with Crippen LogP contribution < -0.4 is 4.90 Å². The number of piperidine rings is 1. The molecule has 1 aromatic rings. The van der Waals surface area contributed by atoms with Gasteiger partial charge in [0.05, 0.1) is 5.69 Å². The maximum atomic E-state index is 11.0. The monoisotopic (exact) mass is 254 g/mol. The molecule has 1 fully saturated rings. The minimum Gasteiger partial charge on any atom is -0.477 e. The van der Waals surface area contributed by atoms with E-state index in [1.807, 2.05) is 0 Å². The maximum Gasteiger partial charge on any atom is 0.347 e. The number of thiazole rings is 1. The zero-order valence-corrected chi connectivity index (χ0v) is 11.1. The molecule has 0 aliphatic carbocycles. The Balaban J connectivity index is 2.16. The van der Waals surface area contributed by atoms with Crippen LogP contribution in [0.5, 0.6) is 0 Å². The highest BCUT2D eigenvalue weighted by atomic mass is 32.1. The van der Waals surface area contributed by atoms with E-state index in [1.54, 1.807) is 6.92 Å². The molecule has 0 amide bonds. The van der Waals surface area contributed by atoms with Crippen molar-refractivity contribution in [3.05, 3.63) is 10.6 Å². The van der Waals surface area contributed by atoms with Crippen molar-refractivity contribution in [1.29, 1.82) is 0 Å². The fourth-order valence-corrected chi connectivity index (χ4v) is 3.23. The highest BCUT2D eigenvalue weighted by molar-refractivity contribution is 7.17. The van der Waals surface area contributed by atoms with Gasteiger partial charge in [-0.1, -0.05) is 24.7 Å². The van der Waals surface area contributed by atoms with Crippen molar-refractivity contribution in [2.45, 2.75) is 33.1 Å². The van der Waals surface area contributed by atoms with Crippen molar-refractivity contribution in [3.63, 3.8) is 0 Å². The number of hydrogen-bond donors (Lipinski definition) is 1. The zero-order valence-electron chi connectivity index (χ0n) is 10.3. The van der Waals surface area contributed by atoms with Crippen LogP contribution in [-0.2, 0) is 0 Å². The molecule has 0 aromatic carbocycles. The van der Waals surface area contributed by atoms with Gasteiger partial charge in [0.15, 0.2) is 5.13 Å². The second kappa shape index (κ2) is 5.04. The van der Waals surface area contributed by atoms with Gasteiger partial charge in [-0.25, -0.2) is 9.78 Å². The Morgan fingerprint density at radius 3 is 3.00 bits per heavy atom. The van der Waals surface area contributed by atoms with Crippen molar-refractivity contribution in [2.24, 2.45) is 5.92 Å². The molecular weight excluding hydrogens is 236 g/mol. The van der Waals surface area contributed by atoms with Gasteiger partial charge in [-0.15, -0.1) is 0 Å². The summed E-state index contributed by atoms with van der Waals surface area (Å²) in [7, 11) is 0. The molecule has 94 valence electrons. The Kier molecular flexibility index (Phi) is 3.66. The summed E-state index contributed by atoms with van der Waals surface area (Å²) in [5.41, 5.74) is 0.635. The zero-order chi connectivity index (χ0) is 12.4. The van der Waals surface area contributed by atoms with Gasteiger partial charge in [0.25, 0.3) is 0 Å². The Morgan fingerprint density at radius 2 is 2.41 bits per heavy atom. The van der Waals surface area contributed by atoms with E-state index in [9.17, 15) is 4.79 Å². The van der Waals surface area contributed by atoms with Crippen LogP contribution in [0.25, 0.3) is 0 Å². The summed E-state index contributed by atoms with van der Waals surface area (Å²) >= 11 is 1.30. The molecule has 0 spiro atoms. The van der Waals surface area contributed by atoms with Crippen LogP contribution in [0.2, 0.25) is 0 Å². The normalized spacial score (nSPS) is 20.6. The predicted octanol–water partition coefficient (Wildman–Crippen LogP) is 2.78. The topological polar surface area (TPSA) is 53.4 Å². The van der Waals surface area contributed by atoms with Crippen LogP contribution >= 0.6 is 11.3 Å². The molecule has 1 atom stereocenters.